The van der Waals surface area contributed by atoms with E-state index in [-0.39, 0.29) is 23.2 Å². The molecule has 5 nitrogen and oxygen atoms in total. The van der Waals surface area contributed by atoms with Crippen molar-refractivity contribution >= 4 is 22.7 Å². The van der Waals surface area contributed by atoms with Crippen molar-refractivity contribution in [1.82, 2.24) is 14.5 Å². The van der Waals surface area contributed by atoms with Gasteiger partial charge in [0, 0.05) is 29.4 Å². The minimum atomic E-state index is -4.82. The molecular formula is C17H14F4N4O. The van der Waals surface area contributed by atoms with Gasteiger partial charge in [-0.15, -0.1) is 0 Å². The van der Waals surface area contributed by atoms with Gasteiger partial charge in [-0.2, -0.15) is 18.2 Å². The lowest BCUT2D eigenvalue weighted by Gasteiger charge is -2.14. The first-order chi connectivity index (χ1) is 12.2. The SMILES string of the molecule is CC(C)n1c(=O)ccc2cnc(Nc3ccc(F)c(C(F)(F)F)c3)nc21. The number of halogens is 4. The van der Waals surface area contributed by atoms with Crippen molar-refractivity contribution in [1.29, 1.82) is 0 Å². The fraction of sp³-hybridized carbons (Fsp3) is 0.235. The molecule has 1 N–H and O–H groups in total. The quantitative estimate of drug-likeness (QED) is 0.703. The van der Waals surface area contributed by atoms with E-state index in [2.05, 4.69) is 15.3 Å². The molecule has 2 heterocycles. The molecule has 0 aliphatic heterocycles. The van der Waals surface area contributed by atoms with Crippen LogP contribution >= 0.6 is 0 Å². The first-order valence-electron chi connectivity index (χ1n) is 7.69. The van der Waals surface area contributed by atoms with Crippen LogP contribution in [-0.4, -0.2) is 14.5 Å². The van der Waals surface area contributed by atoms with Gasteiger partial charge in [0.05, 0.1) is 5.56 Å². The lowest BCUT2D eigenvalue weighted by atomic mass is 10.2. The van der Waals surface area contributed by atoms with E-state index in [1.165, 1.54) is 16.8 Å². The van der Waals surface area contributed by atoms with Crippen molar-refractivity contribution in [3.63, 3.8) is 0 Å². The Balaban J connectivity index is 2.05. The van der Waals surface area contributed by atoms with Crippen LogP contribution in [0, 0.1) is 5.82 Å². The van der Waals surface area contributed by atoms with Crippen molar-refractivity contribution in [3.8, 4) is 0 Å². The number of nitrogens with zero attached hydrogens (tertiary/aromatic N) is 3. The van der Waals surface area contributed by atoms with Crippen LogP contribution in [0.4, 0.5) is 29.2 Å². The zero-order valence-corrected chi connectivity index (χ0v) is 13.8. The molecule has 2 aromatic heterocycles. The van der Waals surface area contributed by atoms with Gasteiger partial charge in [0.15, 0.2) is 0 Å². The van der Waals surface area contributed by atoms with Crippen molar-refractivity contribution < 1.29 is 17.6 Å². The molecular weight excluding hydrogens is 352 g/mol. The number of hydrogen-bond donors (Lipinski definition) is 1. The van der Waals surface area contributed by atoms with Gasteiger partial charge in [0.1, 0.15) is 11.5 Å². The van der Waals surface area contributed by atoms with Crippen LogP contribution in [0.25, 0.3) is 11.0 Å². The predicted molar refractivity (Wildman–Crippen MR) is 88.9 cm³/mol. The van der Waals surface area contributed by atoms with Gasteiger partial charge in [-0.05, 0) is 38.1 Å². The number of aromatic nitrogens is 3. The molecule has 1 aromatic carbocycles. The molecule has 0 fully saturated rings. The van der Waals surface area contributed by atoms with Crippen LogP contribution in [0.15, 0.2) is 41.3 Å². The second kappa shape index (κ2) is 6.40. The van der Waals surface area contributed by atoms with E-state index in [0.29, 0.717) is 17.1 Å². The Bertz CT molecular complexity index is 1030. The highest BCUT2D eigenvalue weighted by atomic mass is 19.4. The summed E-state index contributed by atoms with van der Waals surface area (Å²) in [5, 5.41) is 3.23. The van der Waals surface area contributed by atoms with Crippen LogP contribution in [-0.2, 0) is 6.18 Å². The van der Waals surface area contributed by atoms with E-state index in [1.54, 1.807) is 6.07 Å². The van der Waals surface area contributed by atoms with Crippen LogP contribution in [0.1, 0.15) is 25.5 Å². The van der Waals surface area contributed by atoms with Gasteiger partial charge in [-0.25, -0.2) is 9.37 Å². The third kappa shape index (κ3) is 3.37. The van der Waals surface area contributed by atoms with Crippen molar-refractivity contribution in [2.45, 2.75) is 26.1 Å². The summed E-state index contributed by atoms with van der Waals surface area (Å²) in [6.45, 7) is 3.62. The molecule has 0 spiro atoms. The average Bonchev–Trinajstić information content (AvgIpc) is 2.55. The van der Waals surface area contributed by atoms with Gasteiger partial charge in [0.25, 0.3) is 5.56 Å². The van der Waals surface area contributed by atoms with E-state index in [4.69, 9.17) is 0 Å². The molecule has 0 radical (unpaired) electrons. The lowest BCUT2D eigenvalue weighted by molar-refractivity contribution is -0.139. The lowest BCUT2D eigenvalue weighted by Crippen LogP contribution is -2.22. The minimum absolute atomic E-state index is 0.00256. The maximum absolute atomic E-state index is 13.4. The fourth-order valence-electron chi connectivity index (χ4n) is 2.55. The smallest absolute Gasteiger partial charge is 0.324 e. The molecule has 0 amide bonds. The highest BCUT2D eigenvalue weighted by molar-refractivity contribution is 5.75. The summed E-state index contributed by atoms with van der Waals surface area (Å²) in [7, 11) is 0. The van der Waals surface area contributed by atoms with Gasteiger partial charge < -0.3 is 5.32 Å². The zero-order chi connectivity index (χ0) is 19.1. The fourth-order valence-corrected chi connectivity index (χ4v) is 2.55. The highest BCUT2D eigenvalue weighted by Crippen LogP contribution is 2.33. The molecule has 0 bridgehead atoms. The summed E-state index contributed by atoms with van der Waals surface area (Å²) in [6.07, 6.45) is -3.36. The Labute approximate surface area is 145 Å². The molecule has 136 valence electrons. The number of benzene rings is 1. The molecule has 26 heavy (non-hydrogen) atoms. The van der Waals surface area contributed by atoms with Gasteiger partial charge in [-0.3, -0.25) is 9.36 Å². The number of anilines is 2. The van der Waals surface area contributed by atoms with E-state index in [0.717, 1.165) is 12.1 Å². The third-order valence-electron chi connectivity index (χ3n) is 3.71. The summed E-state index contributed by atoms with van der Waals surface area (Å²) >= 11 is 0. The third-order valence-corrected chi connectivity index (χ3v) is 3.71. The topological polar surface area (TPSA) is 59.8 Å². The predicted octanol–water partition coefficient (Wildman–Crippen LogP) is 4.27. The minimum Gasteiger partial charge on any atom is -0.324 e. The molecule has 0 saturated carbocycles. The monoisotopic (exact) mass is 366 g/mol. The molecule has 0 unspecified atom stereocenters. The van der Waals surface area contributed by atoms with E-state index >= 15 is 0 Å². The summed E-state index contributed by atoms with van der Waals surface area (Å²) < 4.78 is 53.3. The summed E-state index contributed by atoms with van der Waals surface area (Å²) in [6, 6.07) is 5.31. The molecule has 3 rings (SSSR count). The standard InChI is InChI=1S/C17H14F4N4O/c1-9(2)25-14(26)6-3-10-8-22-16(24-15(10)25)23-11-4-5-13(18)12(7-11)17(19,20)21/h3-9H,1-2H3,(H,22,23,24). The van der Waals surface area contributed by atoms with E-state index < -0.39 is 17.6 Å². The average molecular weight is 366 g/mol. The Morgan fingerprint density at radius 2 is 1.88 bits per heavy atom. The van der Waals surface area contributed by atoms with Crippen molar-refractivity contribution in [3.05, 3.63) is 58.3 Å². The molecule has 3 aromatic rings. The number of alkyl halides is 3. The molecule has 0 saturated heterocycles. The molecule has 9 heteroatoms. The van der Waals surface area contributed by atoms with Gasteiger partial charge >= 0.3 is 6.18 Å². The number of fused-ring (bicyclic) bond motifs is 1. The second-order valence-electron chi connectivity index (χ2n) is 5.93. The summed E-state index contributed by atoms with van der Waals surface area (Å²) in [5.41, 5.74) is -1.31. The number of pyridine rings is 1. The van der Waals surface area contributed by atoms with Gasteiger partial charge in [0.2, 0.25) is 5.95 Å². The maximum Gasteiger partial charge on any atom is 0.419 e. The maximum atomic E-state index is 13.4. The highest BCUT2D eigenvalue weighted by Gasteiger charge is 2.34. The Morgan fingerprint density at radius 3 is 2.54 bits per heavy atom. The van der Waals surface area contributed by atoms with Crippen LogP contribution < -0.4 is 10.9 Å². The normalized spacial score (nSPS) is 12.0. The van der Waals surface area contributed by atoms with Crippen molar-refractivity contribution in [2.75, 3.05) is 5.32 Å². The molecule has 0 atom stereocenters. The molecule has 0 aliphatic rings. The first-order valence-corrected chi connectivity index (χ1v) is 7.69. The number of rotatable bonds is 3. The largest absolute Gasteiger partial charge is 0.419 e. The van der Waals surface area contributed by atoms with E-state index in [9.17, 15) is 22.4 Å². The van der Waals surface area contributed by atoms with Crippen LogP contribution in [0.3, 0.4) is 0 Å². The van der Waals surface area contributed by atoms with Gasteiger partial charge in [-0.1, -0.05) is 0 Å². The Kier molecular flexibility index (Phi) is 4.39. The number of nitrogens with one attached hydrogen (secondary N) is 1. The number of hydrogen-bond acceptors (Lipinski definition) is 4. The van der Waals surface area contributed by atoms with Crippen molar-refractivity contribution in [2.24, 2.45) is 0 Å². The second-order valence-corrected chi connectivity index (χ2v) is 5.93. The Morgan fingerprint density at radius 1 is 1.15 bits per heavy atom. The zero-order valence-electron chi connectivity index (χ0n) is 13.8. The van der Waals surface area contributed by atoms with E-state index in [1.807, 2.05) is 13.8 Å². The van der Waals surface area contributed by atoms with Crippen LogP contribution in [0.5, 0.6) is 0 Å². The summed E-state index contributed by atoms with van der Waals surface area (Å²) in [4.78, 5) is 20.3. The summed E-state index contributed by atoms with van der Waals surface area (Å²) in [5.74, 6) is -1.37. The molecule has 0 aliphatic carbocycles. The Hall–Kier alpha value is -2.97. The first kappa shape index (κ1) is 17.8. The van der Waals surface area contributed by atoms with Crippen LogP contribution in [0.2, 0.25) is 0 Å².